The van der Waals surface area contributed by atoms with Crippen molar-refractivity contribution in [3.05, 3.63) is 124 Å². The number of amides is 3. The van der Waals surface area contributed by atoms with Crippen molar-refractivity contribution in [1.29, 1.82) is 0 Å². The van der Waals surface area contributed by atoms with Gasteiger partial charge in [-0.2, -0.15) is 0 Å². The number of nitrogen functional groups attached to an aromatic ring is 1. The molecule has 0 bridgehead atoms. The molecule has 6 rings (SSSR count). The van der Waals surface area contributed by atoms with E-state index < -0.39 is 31.5 Å². The largest absolute Gasteiger partial charge is 0.432 e. The lowest BCUT2D eigenvalue weighted by Gasteiger charge is -2.32. The number of nitrogens with one attached hydrogen (secondary N) is 1. The Bertz CT molecular complexity index is 1920. The Labute approximate surface area is 307 Å². The highest BCUT2D eigenvalue weighted by Gasteiger charge is 2.66. The fraction of sp³-hybridized carbons (Fsp3) is 0.308. The molecule has 0 unspecified atom stereocenters. The minimum absolute atomic E-state index is 0.0487. The van der Waals surface area contributed by atoms with Crippen LogP contribution in [0.25, 0.3) is 0 Å². The van der Waals surface area contributed by atoms with Crippen LogP contribution in [0.5, 0.6) is 0 Å². The number of hydrogen-bond donors (Lipinski definition) is 4. The van der Waals surface area contributed by atoms with Crippen LogP contribution >= 0.6 is 15.9 Å². The van der Waals surface area contributed by atoms with Gasteiger partial charge in [0.1, 0.15) is 0 Å². The third kappa shape index (κ3) is 7.37. The third-order valence-electron chi connectivity index (χ3n) is 9.96. The van der Waals surface area contributed by atoms with Crippen molar-refractivity contribution in [2.45, 2.75) is 56.8 Å². The van der Waals surface area contributed by atoms with Crippen molar-refractivity contribution < 1.29 is 29.0 Å². The van der Waals surface area contributed by atoms with Crippen LogP contribution in [0.2, 0.25) is 18.6 Å². The summed E-state index contributed by atoms with van der Waals surface area (Å²) in [4.78, 5) is 56.7. The number of aliphatic hydroxyl groups excluding tert-OH is 1. The molecule has 5 N–H and O–H groups in total. The molecule has 266 valence electrons. The maximum Gasteiger partial charge on any atom is 0.264 e. The second-order valence-corrected chi connectivity index (χ2v) is 18.8. The first kappa shape index (κ1) is 36.5. The molecule has 4 aromatic rings. The van der Waals surface area contributed by atoms with Gasteiger partial charge in [-0.15, -0.1) is 0 Å². The lowest BCUT2D eigenvalue weighted by Crippen LogP contribution is -2.46. The van der Waals surface area contributed by atoms with Crippen molar-refractivity contribution in [2.75, 3.05) is 29.1 Å². The van der Waals surface area contributed by atoms with Gasteiger partial charge >= 0.3 is 0 Å². The zero-order valence-corrected chi connectivity index (χ0v) is 31.5. The van der Waals surface area contributed by atoms with Crippen molar-refractivity contribution in [3.63, 3.8) is 0 Å². The number of anilines is 3. The van der Waals surface area contributed by atoms with Gasteiger partial charge in [-0.05, 0) is 78.8 Å². The minimum Gasteiger partial charge on any atom is -0.432 e. The molecule has 10 nitrogen and oxygen atoms in total. The number of carbonyl (C=O) groups is 3. The molecule has 3 amide bonds. The van der Waals surface area contributed by atoms with E-state index in [0.29, 0.717) is 34.7 Å². The molecule has 1 fully saturated rings. The molecule has 51 heavy (non-hydrogen) atoms. The van der Waals surface area contributed by atoms with Gasteiger partial charge in [0.05, 0.1) is 31.4 Å². The zero-order chi connectivity index (χ0) is 36.5. The average Bonchev–Trinajstić information content (AvgIpc) is 3.51. The lowest BCUT2D eigenvalue weighted by molar-refractivity contribution is -0.150. The highest BCUT2D eigenvalue weighted by molar-refractivity contribution is 9.10. The molecule has 12 heteroatoms. The minimum atomic E-state index is -3.03. The molecule has 4 aromatic carbocycles. The van der Waals surface area contributed by atoms with Gasteiger partial charge < -0.3 is 35.5 Å². The maximum atomic E-state index is 14.9. The molecular weight excluding hydrogens is 728 g/mol. The van der Waals surface area contributed by atoms with Gasteiger partial charge in [0.25, 0.3) is 11.8 Å². The molecular formula is C39H43BrN4O6Si. The molecule has 1 spiro atoms. The molecule has 0 saturated carbocycles. The van der Waals surface area contributed by atoms with Crippen LogP contribution in [0.4, 0.5) is 17.1 Å². The summed E-state index contributed by atoms with van der Waals surface area (Å²) >= 11 is 3.60. The van der Waals surface area contributed by atoms with Gasteiger partial charge in [-0.25, -0.2) is 0 Å². The Kier molecular flexibility index (Phi) is 10.5. The number of halogens is 1. The smallest absolute Gasteiger partial charge is 0.264 e. The number of carbonyl (C=O) groups excluding carboxylic acids is 3. The van der Waals surface area contributed by atoms with Crippen molar-refractivity contribution in [1.82, 2.24) is 4.90 Å². The van der Waals surface area contributed by atoms with Crippen LogP contribution in [0, 0.1) is 5.92 Å². The topological polar surface area (TPSA) is 145 Å². The Morgan fingerprint density at radius 1 is 1.00 bits per heavy atom. The van der Waals surface area contributed by atoms with E-state index in [1.165, 1.54) is 0 Å². The second-order valence-electron chi connectivity index (χ2n) is 13.9. The van der Waals surface area contributed by atoms with E-state index in [-0.39, 0.29) is 43.8 Å². The van der Waals surface area contributed by atoms with Crippen LogP contribution in [-0.2, 0) is 33.0 Å². The number of nitrogens with zero attached hydrogens (tertiary/aromatic N) is 2. The van der Waals surface area contributed by atoms with Gasteiger partial charge in [0.2, 0.25) is 5.91 Å². The normalized spacial score (nSPS) is 21.2. The van der Waals surface area contributed by atoms with E-state index in [1.54, 1.807) is 40.1 Å². The van der Waals surface area contributed by atoms with Crippen LogP contribution in [0.15, 0.2) is 102 Å². The second kappa shape index (κ2) is 14.7. The zero-order valence-electron chi connectivity index (χ0n) is 28.9. The van der Waals surface area contributed by atoms with E-state index in [4.69, 9.17) is 10.5 Å². The average molecular weight is 772 g/mol. The summed E-state index contributed by atoms with van der Waals surface area (Å²) in [5, 5.41) is 12.7. The highest BCUT2D eigenvalue weighted by Crippen LogP contribution is 2.60. The summed E-state index contributed by atoms with van der Waals surface area (Å²) in [7, 11) is -3.03. The summed E-state index contributed by atoms with van der Waals surface area (Å²) < 4.78 is 7.66. The van der Waals surface area contributed by atoms with E-state index in [1.807, 2.05) is 86.7 Å². The number of aliphatic hydroxyl groups is 1. The Hall–Kier alpha value is -4.33. The van der Waals surface area contributed by atoms with E-state index >= 15 is 0 Å². The summed E-state index contributed by atoms with van der Waals surface area (Å²) in [6.45, 7) is 6.06. The third-order valence-corrected chi connectivity index (χ3v) is 13.0. The van der Waals surface area contributed by atoms with Crippen LogP contribution in [0.3, 0.4) is 0 Å². The van der Waals surface area contributed by atoms with Crippen LogP contribution in [-0.4, -0.2) is 60.1 Å². The number of rotatable bonds is 11. The fourth-order valence-electron chi connectivity index (χ4n) is 7.69. The number of benzene rings is 4. The van der Waals surface area contributed by atoms with Gasteiger partial charge in [-0.3, -0.25) is 14.4 Å². The standard InChI is InChI=1S/C39H43BrN4O6Si/c1-25-36(51(2,3)49)34(22-35(46)43(18-19-45)23-26-8-5-4-6-9-26)50-39(25)32-21-29(40)14-17-33(32)44(38(39)48)24-27-10-7-11-31(20-27)42-37(47)28-12-15-30(41)16-13-28/h4-17,20-21,25,34,36,45,49H,18-19,22-24,41H2,1-3H3,(H,42,47)/t25-,34+,36-,39+/m0/s1. The maximum absolute atomic E-state index is 14.9. The van der Waals surface area contributed by atoms with E-state index in [0.717, 1.165) is 15.6 Å². The molecule has 0 aromatic heterocycles. The monoisotopic (exact) mass is 770 g/mol. The molecule has 2 aliphatic rings. The summed E-state index contributed by atoms with van der Waals surface area (Å²) in [5.41, 5.74) is 8.57. The van der Waals surface area contributed by atoms with Crippen molar-refractivity contribution >= 4 is 59.0 Å². The quantitative estimate of drug-likeness (QED) is 0.108. The molecule has 2 aliphatic heterocycles. The first-order valence-electron chi connectivity index (χ1n) is 17.0. The van der Waals surface area contributed by atoms with Gasteiger partial charge in [0.15, 0.2) is 13.9 Å². The number of hydrogen-bond acceptors (Lipinski definition) is 7. The Morgan fingerprint density at radius 2 is 1.71 bits per heavy atom. The first-order valence-corrected chi connectivity index (χ1v) is 20.8. The van der Waals surface area contributed by atoms with Gasteiger partial charge in [0, 0.05) is 51.5 Å². The van der Waals surface area contributed by atoms with Gasteiger partial charge in [-0.1, -0.05) is 65.3 Å². The predicted molar refractivity (Wildman–Crippen MR) is 203 cm³/mol. The molecule has 1 saturated heterocycles. The SMILES string of the molecule is C[C@H]1[C@H]([Si](C)(C)O)[C@@H](CC(=O)N(CCO)Cc2ccccc2)O[C@]12C(=O)N(Cc1cccc(NC(=O)c3ccc(N)cc3)c1)c1ccc(Br)cc12. The fourth-order valence-corrected chi connectivity index (χ4v) is 10.6. The van der Waals surface area contributed by atoms with E-state index in [9.17, 15) is 24.3 Å². The highest BCUT2D eigenvalue weighted by atomic mass is 79.9. The molecule has 2 heterocycles. The molecule has 4 atom stereocenters. The van der Waals surface area contributed by atoms with Crippen molar-refractivity contribution in [2.24, 2.45) is 5.92 Å². The number of nitrogens with two attached hydrogens (primary N) is 1. The predicted octanol–water partition coefficient (Wildman–Crippen LogP) is 6.04. The molecule has 0 aliphatic carbocycles. The van der Waals surface area contributed by atoms with Crippen LogP contribution in [0.1, 0.15) is 40.4 Å². The van der Waals surface area contributed by atoms with Crippen molar-refractivity contribution in [3.8, 4) is 0 Å². The Balaban J connectivity index is 1.29. The number of ether oxygens (including phenoxy) is 1. The molecule has 0 radical (unpaired) electrons. The van der Waals surface area contributed by atoms with E-state index in [2.05, 4.69) is 21.2 Å². The van der Waals surface area contributed by atoms with Crippen LogP contribution < -0.4 is 16.0 Å². The Morgan fingerprint density at radius 3 is 2.39 bits per heavy atom. The summed E-state index contributed by atoms with van der Waals surface area (Å²) in [5.74, 6) is -1.23. The number of fused-ring (bicyclic) bond motifs is 2. The summed E-state index contributed by atoms with van der Waals surface area (Å²) in [6, 6.07) is 29.2. The summed E-state index contributed by atoms with van der Waals surface area (Å²) in [6.07, 6.45) is -0.786. The first-order chi connectivity index (χ1) is 24.3. The lowest BCUT2D eigenvalue weighted by atomic mass is 9.82.